The molecule has 0 saturated heterocycles. The highest BCUT2D eigenvalue weighted by Crippen LogP contribution is 2.31. The van der Waals surface area contributed by atoms with Crippen molar-refractivity contribution >= 4 is 0 Å². The van der Waals surface area contributed by atoms with Gasteiger partial charge in [-0.2, -0.15) is 13.2 Å². The number of alkyl halides is 3. The number of hydrogen-bond donors (Lipinski definition) is 0. The third kappa shape index (κ3) is 3.10. The lowest BCUT2D eigenvalue weighted by atomic mass is 10.1. The molecule has 0 atom stereocenters. The first-order chi connectivity index (χ1) is 9.27. The van der Waals surface area contributed by atoms with Crippen LogP contribution in [0.3, 0.4) is 0 Å². The molecule has 0 radical (unpaired) electrons. The summed E-state index contributed by atoms with van der Waals surface area (Å²) in [5, 5.41) is 0. The van der Waals surface area contributed by atoms with Gasteiger partial charge >= 0.3 is 6.18 Å². The van der Waals surface area contributed by atoms with Crippen LogP contribution in [0.4, 0.5) is 13.2 Å². The van der Waals surface area contributed by atoms with E-state index in [9.17, 15) is 13.2 Å². The number of aryl methyl sites for hydroxylation is 2. The zero-order chi connectivity index (χ0) is 14.9. The van der Waals surface area contributed by atoms with Gasteiger partial charge in [-0.1, -0.05) is 6.07 Å². The topological polar surface area (TPSA) is 22.1 Å². The van der Waals surface area contributed by atoms with Crippen molar-refractivity contribution in [1.29, 1.82) is 0 Å². The van der Waals surface area contributed by atoms with Crippen LogP contribution in [0.2, 0.25) is 0 Å². The fourth-order valence-corrected chi connectivity index (χ4v) is 1.83. The zero-order valence-electron chi connectivity index (χ0n) is 11.4. The molecule has 0 bridgehead atoms. The van der Waals surface area contributed by atoms with Gasteiger partial charge in [0.25, 0.3) is 0 Å². The molecule has 0 aliphatic carbocycles. The number of aromatic nitrogens is 1. The van der Waals surface area contributed by atoms with Crippen molar-refractivity contribution in [3.05, 3.63) is 52.7 Å². The van der Waals surface area contributed by atoms with Gasteiger partial charge in [0.1, 0.15) is 5.75 Å². The molecule has 5 heteroatoms. The maximum atomic E-state index is 12.4. The van der Waals surface area contributed by atoms with Gasteiger partial charge in [-0.05, 0) is 49.6 Å². The summed E-state index contributed by atoms with van der Waals surface area (Å²) < 4.78 is 42.9. The van der Waals surface area contributed by atoms with Gasteiger partial charge in [0.15, 0.2) is 0 Å². The quantitative estimate of drug-likeness (QED) is 0.787. The highest BCUT2D eigenvalue weighted by atomic mass is 19.4. The standard InChI is InChI=1S/C15H14F3NO/c1-9-6-10(2)11(3)13(7-9)20-14-5-4-12(8-19-14)15(16,17)18/h4-8H,1-3H3. The van der Waals surface area contributed by atoms with Gasteiger partial charge in [-0.3, -0.25) is 0 Å². The van der Waals surface area contributed by atoms with Crippen LogP contribution in [0.1, 0.15) is 22.3 Å². The molecule has 0 unspecified atom stereocenters. The average molecular weight is 281 g/mol. The van der Waals surface area contributed by atoms with Crippen molar-refractivity contribution in [3.63, 3.8) is 0 Å². The van der Waals surface area contributed by atoms with Gasteiger partial charge in [0.05, 0.1) is 5.56 Å². The van der Waals surface area contributed by atoms with E-state index in [0.717, 1.165) is 29.0 Å². The van der Waals surface area contributed by atoms with Crippen LogP contribution in [-0.4, -0.2) is 4.98 Å². The summed E-state index contributed by atoms with van der Waals surface area (Å²) in [5.74, 6) is 0.751. The first-order valence-electron chi connectivity index (χ1n) is 6.06. The van der Waals surface area contributed by atoms with Gasteiger partial charge < -0.3 is 4.74 Å². The van der Waals surface area contributed by atoms with E-state index < -0.39 is 11.7 Å². The number of ether oxygens (including phenoxy) is 1. The van der Waals surface area contributed by atoms with E-state index in [1.807, 2.05) is 32.9 Å². The van der Waals surface area contributed by atoms with Crippen LogP contribution >= 0.6 is 0 Å². The number of benzene rings is 1. The number of halogens is 3. The molecule has 0 saturated carbocycles. The lowest BCUT2D eigenvalue weighted by molar-refractivity contribution is -0.137. The van der Waals surface area contributed by atoms with E-state index in [1.165, 1.54) is 6.07 Å². The summed E-state index contributed by atoms with van der Waals surface area (Å²) in [7, 11) is 0. The van der Waals surface area contributed by atoms with Crippen molar-refractivity contribution in [2.75, 3.05) is 0 Å². The predicted octanol–water partition coefficient (Wildman–Crippen LogP) is 4.82. The lowest BCUT2D eigenvalue weighted by Gasteiger charge is -2.12. The molecule has 1 aromatic carbocycles. The second-order valence-corrected chi connectivity index (χ2v) is 4.69. The average Bonchev–Trinajstić information content (AvgIpc) is 2.35. The van der Waals surface area contributed by atoms with Crippen LogP contribution in [0.15, 0.2) is 30.5 Å². The van der Waals surface area contributed by atoms with Crippen molar-refractivity contribution in [1.82, 2.24) is 4.98 Å². The SMILES string of the molecule is Cc1cc(C)c(C)c(Oc2ccc(C(F)(F)F)cn2)c1. The Balaban J connectivity index is 2.27. The summed E-state index contributed by atoms with van der Waals surface area (Å²) >= 11 is 0. The smallest absolute Gasteiger partial charge is 0.417 e. The molecule has 2 rings (SSSR count). The van der Waals surface area contributed by atoms with Crippen LogP contribution in [0.5, 0.6) is 11.6 Å². The monoisotopic (exact) mass is 281 g/mol. The molecule has 0 spiro atoms. The van der Waals surface area contributed by atoms with E-state index in [4.69, 9.17) is 4.74 Å². The van der Waals surface area contributed by atoms with E-state index in [0.29, 0.717) is 5.75 Å². The third-order valence-corrected chi connectivity index (χ3v) is 3.04. The zero-order valence-corrected chi connectivity index (χ0v) is 11.4. The van der Waals surface area contributed by atoms with Gasteiger partial charge in [0, 0.05) is 12.3 Å². The minimum absolute atomic E-state index is 0.145. The normalized spacial score (nSPS) is 11.5. The van der Waals surface area contributed by atoms with Gasteiger partial charge in [0.2, 0.25) is 5.88 Å². The summed E-state index contributed by atoms with van der Waals surface area (Å²) in [4.78, 5) is 3.70. The molecule has 106 valence electrons. The van der Waals surface area contributed by atoms with Crippen LogP contribution < -0.4 is 4.74 Å². The lowest BCUT2D eigenvalue weighted by Crippen LogP contribution is -2.05. The van der Waals surface area contributed by atoms with Crippen molar-refractivity contribution < 1.29 is 17.9 Å². The molecule has 2 nitrogen and oxygen atoms in total. The second kappa shape index (κ2) is 5.15. The van der Waals surface area contributed by atoms with Crippen LogP contribution in [-0.2, 0) is 6.18 Å². The molecule has 2 aromatic rings. The first-order valence-corrected chi connectivity index (χ1v) is 6.06. The summed E-state index contributed by atoms with van der Waals surface area (Å²) in [6.45, 7) is 5.78. The molecule has 1 aromatic heterocycles. The Morgan fingerprint density at radius 1 is 1.05 bits per heavy atom. The van der Waals surface area contributed by atoms with Gasteiger partial charge in [-0.15, -0.1) is 0 Å². The Morgan fingerprint density at radius 3 is 2.30 bits per heavy atom. The highest BCUT2D eigenvalue weighted by Gasteiger charge is 2.30. The third-order valence-electron chi connectivity index (χ3n) is 3.04. The number of pyridine rings is 1. The van der Waals surface area contributed by atoms with Crippen molar-refractivity contribution in [2.24, 2.45) is 0 Å². The van der Waals surface area contributed by atoms with Crippen molar-refractivity contribution in [3.8, 4) is 11.6 Å². The fraction of sp³-hybridized carbons (Fsp3) is 0.267. The van der Waals surface area contributed by atoms with Crippen molar-refractivity contribution in [2.45, 2.75) is 26.9 Å². The fourth-order valence-electron chi connectivity index (χ4n) is 1.83. The van der Waals surface area contributed by atoms with E-state index in [2.05, 4.69) is 4.98 Å². The summed E-state index contributed by atoms with van der Waals surface area (Å²) in [6, 6.07) is 6.03. The largest absolute Gasteiger partial charge is 0.439 e. The Kier molecular flexibility index (Phi) is 3.70. The molecule has 0 aliphatic heterocycles. The maximum absolute atomic E-state index is 12.4. The second-order valence-electron chi connectivity index (χ2n) is 4.69. The molecule has 20 heavy (non-hydrogen) atoms. The van der Waals surface area contributed by atoms with E-state index in [1.54, 1.807) is 0 Å². The molecule has 0 aliphatic rings. The molecule has 0 amide bonds. The number of rotatable bonds is 2. The maximum Gasteiger partial charge on any atom is 0.417 e. The molecular weight excluding hydrogens is 267 g/mol. The Bertz CT molecular complexity index is 618. The Hall–Kier alpha value is -2.04. The minimum atomic E-state index is -4.39. The van der Waals surface area contributed by atoms with Crippen LogP contribution in [0.25, 0.3) is 0 Å². The molecule has 0 fully saturated rings. The first kappa shape index (κ1) is 14.4. The van der Waals surface area contributed by atoms with E-state index in [-0.39, 0.29) is 5.88 Å². The van der Waals surface area contributed by atoms with Gasteiger partial charge in [-0.25, -0.2) is 4.98 Å². The van der Waals surface area contributed by atoms with Crippen LogP contribution in [0, 0.1) is 20.8 Å². The number of nitrogens with zero attached hydrogens (tertiary/aromatic N) is 1. The summed E-state index contributed by atoms with van der Waals surface area (Å²) in [6.07, 6.45) is -3.62. The Labute approximate surface area is 115 Å². The number of hydrogen-bond acceptors (Lipinski definition) is 2. The predicted molar refractivity (Wildman–Crippen MR) is 70.0 cm³/mol. The van der Waals surface area contributed by atoms with E-state index >= 15 is 0 Å². The minimum Gasteiger partial charge on any atom is -0.439 e. The summed E-state index contributed by atoms with van der Waals surface area (Å²) in [5.41, 5.74) is 2.24. The Morgan fingerprint density at radius 2 is 1.75 bits per heavy atom. The molecule has 0 N–H and O–H groups in total. The molecule has 1 heterocycles. The highest BCUT2D eigenvalue weighted by molar-refractivity contribution is 5.43. The molecular formula is C15H14F3NO.